The Bertz CT molecular complexity index is 603. The fourth-order valence-corrected chi connectivity index (χ4v) is 3.19. The Morgan fingerprint density at radius 3 is 2.23 bits per heavy atom. The van der Waals surface area contributed by atoms with E-state index in [2.05, 4.69) is 10.0 Å². The molecule has 1 aliphatic rings. The first-order valence-electron chi connectivity index (χ1n) is 7.81. The van der Waals surface area contributed by atoms with Crippen LogP contribution in [0, 0.1) is 0 Å². The first kappa shape index (κ1) is 16.8. The van der Waals surface area contributed by atoms with Gasteiger partial charge in [-0.25, -0.2) is 8.42 Å². The van der Waals surface area contributed by atoms with Gasteiger partial charge in [0, 0.05) is 17.3 Å². The Kier molecular flexibility index (Phi) is 5.45. The molecule has 1 amide bonds. The van der Waals surface area contributed by atoms with Crippen LogP contribution < -0.4 is 10.0 Å². The van der Waals surface area contributed by atoms with Gasteiger partial charge in [0.2, 0.25) is 10.0 Å². The maximum atomic E-state index is 12.2. The van der Waals surface area contributed by atoms with Gasteiger partial charge in [0.1, 0.15) is 0 Å². The van der Waals surface area contributed by atoms with Gasteiger partial charge in [0.25, 0.3) is 5.91 Å². The third-order valence-electron chi connectivity index (χ3n) is 3.97. The molecular formula is C16H24N2O3S. The highest BCUT2D eigenvalue weighted by atomic mass is 32.2. The van der Waals surface area contributed by atoms with Crippen LogP contribution in [0.2, 0.25) is 0 Å². The van der Waals surface area contributed by atoms with Gasteiger partial charge in [-0.2, -0.15) is 0 Å². The Labute approximate surface area is 132 Å². The number of hydrogen-bond donors (Lipinski definition) is 2. The molecule has 2 rings (SSSR count). The van der Waals surface area contributed by atoms with Crippen LogP contribution in [-0.4, -0.2) is 25.6 Å². The highest BCUT2D eigenvalue weighted by Crippen LogP contribution is 2.18. The highest BCUT2D eigenvalue weighted by Gasteiger charge is 2.18. The van der Waals surface area contributed by atoms with Gasteiger partial charge in [-0.05, 0) is 51.0 Å². The molecule has 6 heteroatoms. The SMILES string of the molecule is CC(C)S(=O)(=O)Nc1ccc(C(=O)NC2CCCCC2)cc1. The average Bonchev–Trinajstić information content (AvgIpc) is 2.48. The van der Waals surface area contributed by atoms with E-state index in [1.807, 2.05) is 0 Å². The van der Waals surface area contributed by atoms with Crippen molar-refractivity contribution in [1.82, 2.24) is 5.32 Å². The van der Waals surface area contributed by atoms with E-state index >= 15 is 0 Å². The van der Waals surface area contributed by atoms with E-state index in [1.54, 1.807) is 38.1 Å². The summed E-state index contributed by atoms with van der Waals surface area (Å²) in [6.45, 7) is 3.24. The summed E-state index contributed by atoms with van der Waals surface area (Å²) in [5.41, 5.74) is 1.03. The number of amides is 1. The smallest absolute Gasteiger partial charge is 0.251 e. The molecule has 0 aromatic heterocycles. The van der Waals surface area contributed by atoms with Crippen LogP contribution in [0.1, 0.15) is 56.3 Å². The van der Waals surface area contributed by atoms with Crippen LogP contribution in [0.25, 0.3) is 0 Å². The minimum atomic E-state index is -3.36. The van der Waals surface area contributed by atoms with Crippen LogP contribution in [0.15, 0.2) is 24.3 Å². The van der Waals surface area contributed by atoms with Gasteiger partial charge in [0.05, 0.1) is 5.25 Å². The molecule has 1 aromatic carbocycles. The minimum absolute atomic E-state index is 0.0924. The standard InChI is InChI=1S/C16H24N2O3S/c1-12(2)22(20,21)18-15-10-8-13(9-11-15)16(19)17-14-6-4-3-5-7-14/h8-12,14,18H,3-7H2,1-2H3,(H,17,19). The largest absolute Gasteiger partial charge is 0.349 e. The molecule has 5 nitrogen and oxygen atoms in total. The van der Waals surface area contributed by atoms with Crippen LogP contribution in [-0.2, 0) is 10.0 Å². The lowest BCUT2D eigenvalue weighted by atomic mass is 9.95. The third kappa shape index (κ3) is 4.47. The molecule has 0 spiro atoms. The number of nitrogens with one attached hydrogen (secondary N) is 2. The van der Waals surface area contributed by atoms with Crippen molar-refractivity contribution in [3.63, 3.8) is 0 Å². The van der Waals surface area contributed by atoms with E-state index in [0.29, 0.717) is 11.3 Å². The second kappa shape index (κ2) is 7.13. The number of benzene rings is 1. The number of hydrogen-bond acceptors (Lipinski definition) is 3. The van der Waals surface area contributed by atoms with Gasteiger partial charge in [-0.3, -0.25) is 9.52 Å². The molecule has 1 fully saturated rings. The van der Waals surface area contributed by atoms with Crippen molar-refractivity contribution in [2.45, 2.75) is 57.2 Å². The molecule has 0 saturated heterocycles. The number of rotatable bonds is 5. The van der Waals surface area contributed by atoms with Gasteiger partial charge in [0.15, 0.2) is 0 Å². The molecule has 22 heavy (non-hydrogen) atoms. The second-order valence-corrected chi connectivity index (χ2v) is 8.32. The molecule has 0 heterocycles. The lowest BCUT2D eigenvalue weighted by Crippen LogP contribution is -2.36. The van der Waals surface area contributed by atoms with Crippen molar-refractivity contribution in [3.8, 4) is 0 Å². The Balaban J connectivity index is 1.97. The van der Waals surface area contributed by atoms with E-state index in [-0.39, 0.29) is 11.9 Å². The van der Waals surface area contributed by atoms with E-state index in [0.717, 1.165) is 12.8 Å². The van der Waals surface area contributed by atoms with Crippen molar-refractivity contribution in [2.75, 3.05) is 4.72 Å². The van der Waals surface area contributed by atoms with Crippen LogP contribution in [0.3, 0.4) is 0 Å². The van der Waals surface area contributed by atoms with Gasteiger partial charge >= 0.3 is 0 Å². The number of sulfonamides is 1. The molecule has 0 radical (unpaired) electrons. The highest BCUT2D eigenvalue weighted by molar-refractivity contribution is 7.93. The fraction of sp³-hybridized carbons (Fsp3) is 0.562. The zero-order valence-electron chi connectivity index (χ0n) is 13.1. The Hall–Kier alpha value is -1.56. The fourth-order valence-electron chi connectivity index (χ4n) is 2.49. The van der Waals surface area contributed by atoms with Gasteiger partial charge in [-0.15, -0.1) is 0 Å². The molecule has 1 saturated carbocycles. The van der Waals surface area contributed by atoms with Crippen molar-refractivity contribution >= 4 is 21.6 Å². The predicted molar refractivity (Wildman–Crippen MR) is 88.5 cm³/mol. The third-order valence-corrected chi connectivity index (χ3v) is 5.73. The van der Waals surface area contributed by atoms with Crippen molar-refractivity contribution in [1.29, 1.82) is 0 Å². The van der Waals surface area contributed by atoms with Crippen LogP contribution in [0.5, 0.6) is 0 Å². The topological polar surface area (TPSA) is 75.3 Å². The van der Waals surface area contributed by atoms with Gasteiger partial charge < -0.3 is 5.32 Å². The summed E-state index contributed by atoms with van der Waals surface area (Å²) >= 11 is 0. The molecule has 122 valence electrons. The summed E-state index contributed by atoms with van der Waals surface area (Å²) < 4.78 is 26.1. The first-order valence-corrected chi connectivity index (χ1v) is 9.35. The maximum Gasteiger partial charge on any atom is 0.251 e. The second-order valence-electron chi connectivity index (χ2n) is 6.08. The molecule has 1 aliphatic carbocycles. The summed E-state index contributed by atoms with van der Waals surface area (Å²) in [5.74, 6) is -0.0924. The first-order chi connectivity index (χ1) is 10.4. The quantitative estimate of drug-likeness (QED) is 0.874. The summed E-state index contributed by atoms with van der Waals surface area (Å²) in [6, 6.07) is 6.80. The molecule has 0 unspecified atom stereocenters. The van der Waals surface area contributed by atoms with Crippen molar-refractivity contribution < 1.29 is 13.2 Å². The molecular weight excluding hydrogens is 300 g/mol. The number of carbonyl (C=O) groups excluding carboxylic acids is 1. The zero-order chi connectivity index (χ0) is 16.2. The summed E-state index contributed by atoms with van der Waals surface area (Å²) in [4.78, 5) is 12.2. The monoisotopic (exact) mass is 324 g/mol. The van der Waals surface area contributed by atoms with E-state index in [9.17, 15) is 13.2 Å². The predicted octanol–water partition coefficient (Wildman–Crippen LogP) is 2.90. The van der Waals surface area contributed by atoms with E-state index in [1.165, 1.54) is 19.3 Å². The van der Waals surface area contributed by atoms with Crippen molar-refractivity contribution in [2.24, 2.45) is 0 Å². The molecule has 1 aromatic rings. The average molecular weight is 324 g/mol. The number of carbonyl (C=O) groups is 1. The molecule has 0 atom stereocenters. The Morgan fingerprint density at radius 1 is 1.09 bits per heavy atom. The molecule has 0 bridgehead atoms. The number of anilines is 1. The van der Waals surface area contributed by atoms with Gasteiger partial charge in [-0.1, -0.05) is 19.3 Å². The summed E-state index contributed by atoms with van der Waals surface area (Å²) in [5, 5.41) is 2.55. The zero-order valence-corrected chi connectivity index (χ0v) is 13.9. The maximum absolute atomic E-state index is 12.2. The van der Waals surface area contributed by atoms with Crippen LogP contribution in [0.4, 0.5) is 5.69 Å². The minimum Gasteiger partial charge on any atom is -0.349 e. The summed E-state index contributed by atoms with van der Waals surface area (Å²) in [6.07, 6.45) is 5.66. The van der Waals surface area contributed by atoms with Crippen molar-refractivity contribution in [3.05, 3.63) is 29.8 Å². The van der Waals surface area contributed by atoms with Crippen LogP contribution >= 0.6 is 0 Å². The van der Waals surface area contributed by atoms with E-state index in [4.69, 9.17) is 0 Å². The normalized spacial score (nSPS) is 16.5. The lowest BCUT2D eigenvalue weighted by molar-refractivity contribution is 0.0927. The molecule has 0 aliphatic heterocycles. The van der Waals surface area contributed by atoms with E-state index < -0.39 is 15.3 Å². The lowest BCUT2D eigenvalue weighted by Gasteiger charge is -2.22. The molecule has 2 N–H and O–H groups in total. The summed E-state index contributed by atoms with van der Waals surface area (Å²) in [7, 11) is -3.36. The Morgan fingerprint density at radius 2 is 1.68 bits per heavy atom.